The molecule has 0 bridgehead atoms. The monoisotopic (exact) mass is 290 g/mol. The Labute approximate surface area is 127 Å². The highest BCUT2D eigenvalue weighted by Crippen LogP contribution is 2.33. The van der Waals surface area contributed by atoms with Crippen LogP contribution in [-0.4, -0.2) is 32.1 Å². The van der Waals surface area contributed by atoms with Crippen molar-refractivity contribution in [3.8, 4) is 5.75 Å². The second-order valence-corrected chi connectivity index (χ2v) is 5.80. The molecule has 0 radical (unpaired) electrons. The zero-order chi connectivity index (χ0) is 15.4. The Morgan fingerprint density at radius 2 is 2.14 bits per heavy atom. The average molecular weight is 290 g/mol. The lowest BCUT2D eigenvalue weighted by atomic mass is 9.83. The van der Waals surface area contributed by atoms with Crippen molar-refractivity contribution < 1.29 is 9.53 Å². The molecule has 2 N–H and O–H groups in total. The van der Waals surface area contributed by atoms with Crippen LogP contribution in [0, 0.1) is 13.8 Å². The van der Waals surface area contributed by atoms with Gasteiger partial charge in [0.15, 0.2) is 0 Å². The van der Waals surface area contributed by atoms with Crippen molar-refractivity contribution >= 4 is 5.91 Å². The molecule has 2 atom stereocenters. The SMILES string of the molecule is CCNC(=O)C1CC(c2cc(C)c(OC)cc2C)CCN1. The molecular weight excluding hydrogens is 264 g/mol. The van der Waals surface area contributed by atoms with Gasteiger partial charge in [0, 0.05) is 6.54 Å². The number of ether oxygens (including phenoxy) is 1. The number of carbonyl (C=O) groups excluding carboxylic acids is 1. The number of nitrogens with one attached hydrogen (secondary N) is 2. The van der Waals surface area contributed by atoms with Crippen LogP contribution in [0.5, 0.6) is 5.75 Å². The van der Waals surface area contributed by atoms with E-state index in [1.807, 2.05) is 6.92 Å². The number of rotatable bonds is 4. The van der Waals surface area contributed by atoms with Crippen LogP contribution < -0.4 is 15.4 Å². The van der Waals surface area contributed by atoms with E-state index in [1.54, 1.807) is 7.11 Å². The molecule has 1 amide bonds. The minimum atomic E-state index is -0.0782. The zero-order valence-electron chi connectivity index (χ0n) is 13.5. The first-order valence-electron chi connectivity index (χ1n) is 7.73. The van der Waals surface area contributed by atoms with Gasteiger partial charge in [0.1, 0.15) is 5.75 Å². The predicted molar refractivity (Wildman–Crippen MR) is 84.9 cm³/mol. The maximum Gasteiger partial charge on any atom is 0.237 e. The summed E-state index contributed by atoms with van der Waals surface area (Å²) in [6, 6.07) is 4.25. The highest BCUT2D eigenvalue weighted by atomic mass is 16.5. The van der Waals surface area contributed by atoms with Crippen LogP contribution in [0.3, 0.4) is 0 Å². The number of carbonyl (C=O) groups is 1. The second kappa shape index (κ2) is 6.94. The molecule has 1 aliphatic heterocycles. The van der Waals surface area contributed by atoms with Crippen molar-refractivity contribution in [3.05, 3.63) is 28.8 Å². The summed E-state index contributed by atoms with van der Waals surface area (Å²) in [5.74, 6) is 1.49. The van der Waals surface area contributed by atoms with E-state index in [2.05, 4.69) is 36.6 Å². The molecule has 4 heteroatoms. The molecule has 2 rings (SSSR count). The summed E-state index contributed by atoms with van der Waals surface area (Å²) < 4.78 is 5.38. The lowest BCUT2D eigenvalue weighted by molar-refractivity contribution is -0.123. The number of amides is 1. The van der Waals surface area contributed by atoms with Crippen molar-refractivity contribution in [2.75, 3.05) is 20.2 Å². The molecule has 0 spiro atoms. The molecule has 21 heavy (non-hydrogen) atoms. The Morgan fingerprint density at radius 3 is 2.81 bits per heavy atom. The summed E-state index contributed by atoms with van der Waals surface area (Å²) in [5, 5.41) is 6.23. The number of aryl methyl sites for hydroxylation is 2. The first-order chi connectivity index (χ1) is 10.1. The number of methoxy groups -OCH3 is 1. The maximum atomic E-state index is 12.0. The molecular formula is C17H26N2O2. The number of benzene rings is 1. The van der Waals surface area contributed by atoms with E-state index in [4.69, 9.17) is 4.74 Å². The van der Waals surface area contributed by atoms with Crippen molar-refractivity contribution in [3.63, 3.8) is 0 Å². The summed E-state index contributed by atoms with van der Waals surface area (Å²) >= 11 is 0. The molecule has 1 heterocycles. The number of piperidine rings is 1. The predicted octanol–water partition coefficient (Wildman–Crippen LogP) is 2.28. The lowest BCUT2D eigenvalue weighted by Gasteiger charge is -2.31. The van der Waals surface area contributed by atoms with Gasteiger partial charge in [-0.25, -0.2) is 0 Å². The smallest absolute Gasteiger partial charge is 0.237 e. The molecule has 2 unspecified atom stereocenters. The average Bonchev–Trinajstić information content (AvgIpc) is 2.49. The van der Waals surface area contributed by atoms with Crippen LogP contribution in [0.2, 0.25) is 0 Å². The van der Waals surface area contributed by atoms with Gasteiger partial charge in [0.2, 0.25) is 5.91 Å². The van der Waals surface area contributed by atoms with E-state index in [-0.39, 0.29) is 11.9 Å². The molecule has 1 aromatic rings. The van der Waals surface area contributed by atoms with Gasteiger partial charge in [0.05, 0.1) is 13.2 Å². The van der Waals surface area contributed by atoms with Crippen LogP contribution >= 0.6 is 0 Å². The Hall–Kier alpha value is -1.55. The van der Waals surface area contributed by atoms with E-state index in [0.717, 1.165) is 30.7 Å². The van der Waals surface area contributed by atoms with Crippen molar-refractivity contribution in [2.24, 2.45) is 0 Å². The second-order valence-electron chi connectivity index (χ2n) is 5.80. The first-order valence-corrected chi connectivity index (χ1v) is 7.73. The van der Waals surface area contributed by atoms with Crippen molar-refractivity contribution in [1.29, 1.82) is 0 Å². The highest BCUT2D eigenvalue weighted by molar-refractivity contribution is 5.81. The van der Waals surface area contributed by atoms with E-state index in [0.29, 0.717) is 12.5 Å². The largest absolute Gasteiger partial charge is 0.496 e. The minimum absolute atomic E-state index is 0.0782. The molecule has 4 nitrogen and oxygen atoms in total. The minimum Gasteiger partial charge on any atom is -0.496 e. The standard InChI is InChI=1S/C17H26N2O2/c1-5-18-17(20)15-10-13(6-7-19-15)14-8-12(3)16(21-4)9-11(14)2/h8-9,13,15,19H,5-7,10H2,1-4H3,(H,18,20). The van der Waals surface area contributed by atoms with Crippen molar-refractivity contribution in [2.45, 2.75) is 45.6 Å². The van der Waals surface area contributed by atoms with Gasteiger partial charge in [0.25, 0.3) is 0 Å². The fourth-order valence-corrected chi connectivity index (χ4v) is 3.17. The summed E-state index contributed by atoms with van der Waals surface area (Å²) in [6.07, 6.45) is 1.93. The Morgan fingerprint density at radius 1 is 1.38 bits per heavy atom. The maximum absolute atomic E-state index is 12.0. The van der Waals surface area contributed by atoms with Gasteiger partial charge < -0.3 is 15.4 Å². The third-order valence-corrected chi connectivity index (χ3v) is 4.29. The number of hydrogen-bond acceptors (Lipinski definition) is 3. The third-order valence-electron chi connectivity index (χ3n) is 4.29. The van der Waals surface area contributed by atoms with Gasteiger partial charge in [-0.3, -0.25) is 4.79 Å². The third kappa shape index (κ3) is 3.56. The Bertz CT molecular complexity index is 514. The summed E-state index contributed by atoms with van der Waals surface area (Å²) in [5.41, 5.74) is 3.76. The summed E-state index contributed by atoms with van der Waals surface area (Å²) in [7, 11) is 1.71. The zero-order valence-corrected chi connectivity index (χ0v) is 13.5. The first kappa shape index (κ1) is 15.8. The van der Waals surface area contributed by atoms with Crippen LogP contribution in [0.4, 0.5) is 0 Å². The number of hydrogen-bond donors (Lipinski definition) is 2. The van der Waals surface area contributed by atoms with Gasteiger partial charge in [-0.1, -0.05) is 6.07 Å². The van der Waals surface area contributed by atoms with Crippen LogP contribution in [0.1, 0.15) is 42.4 Å². The molecule has 1 aliphatic rings. The quantitative estimate of drug-likeness (QED) is 0.894. The molecule has 1 fully saturated rings. The molecule has 0 aromatic heterocycles. The van der Waals surface area contributed by atoms with Crippen LogP contribution in [0.25, 0.3) is 0 Å². The lowest BCUT2D eigenvalue weighted by Crippen LogP contribution is -2.48. The van der Waals surface area contributed by atoms with Gasteiger partial charge in [-0.05, 0) is 68.8 Å². The van der Waals surface area contributed by atoms with E-state index in [1.165, 1.54) is 11.1 Å². The Balaban J connectivity index is 2.18. The van der Waals surface area contributed by atoms with Crippen LogP contribution in [0.15, 0.2) is 12.1 Å². The number of likely N-dealkylation sites (N-methyl/N-ethyl adjacent to an activating group) is 1. The molecule has 0 saturated carbocycles. The normalized spacial score (nSPS) is 21.9. The van der Waals surface area contributed by atoms with E-state index < -0.39 is 0 Å². The van der Waals surface area contributed by atoms with Gasteiger partial charge >= 0.3 is 0 Å². The molecule has 0 aliphatic carbocycles. The highest BCUT2D eigenvalue weighted by Gasteiger charge is 2.28. The van der Waals surface area contributed by atoms with Crippen LogP contribution in [-0.2, 0) is 4.79 Å². The summed E-state index contributed by atoms with van der Waals surface area (Å²) in [4.78, 5) is 12.0. The topological polar surface area (TPSA) is 50.4 Å². The molecule has 1 saturated heterocycles. The van der Waals surface area contributed by atoms with Crippen molar-refractivity contribution in [1.82, 2.24) is 10.6 Å². The molecule has 1 aromatic carbocycles. The fraction of sp³-hybridized carbons (Fsp3) is 0.588. The Kier molecular flexibility index (Phi) is 5.23. The van der Waals surface area contributed by atoms with Gasteiger partial charge in [-0.15, -0.1) is 0 Å². The van der Waals surface area contributed by atoms with E-state index in [9.17, 15) is 4.79 Å². The summed E-state index contributed by atoms with van der Waals surface area (Å²) in [6.45, 7) is 7.72. The molecule has 116 valence electrons. The van der Waals surface area contributed by atoms with E-state index >= 15 is 0 Å². The van der Waals surface area contributed by atoms with Gasteiger partial charge in [-0.2, -0.15) is 0 Å². The fourth-order valence-electron chi connectivity index (χ4n) is 3.17.